The summed E-state index contributed by atoms with van der Waals surface area (Å²) in [5, 5.41) is 3.70. The van der Waals surface area contributed by atoms with E-state index in [1.54, 1.807) is 25.1 Å². The second-order valence-electron chi connectivity index (χ2n) is 8.38. The Morgan fingerprint density at radius 1 is 1.05 bits per heavy atom. The zero-order valence-corrected chi connectivity index (χ0v) is 24.3. The largest absolute Gasteiger partial charge is 0.495 e. The maximum absolute atomic E-state index is 13.7. The Morgan fingerprint density at radius 2 is 1.70 bits per heavy atom. The first-order chi connectivity index (χ1) is 17.4. The smallest absolute Gasteiger partial charge is 0.244 e. The van der Waals surface area contributed by atoms with Crippen molar-refractivity contribution in [3.8, 4) is 5.75 Å². The van der Waals surface area contributed by atoms with Crippen molar-refractivity contribution in [3.05, 3.63) is 57.0 Å². The molecule has 0 radical (unpaired) electrons. The van der Waals surface area contributed by atoms with Crippen LogP contribution >= 0.6 is 34.8 Å². The number of methoxy groups -OCH3 is 1. The molecule has 1 atom stereocenters. The molecule has 0 saturated carbocycles. The number of hydrogen-bond acceptors (Lipinski definition) is 5. The Balaban J connectivity index is 2.49. The number of nitrogens with one attached hydrogen (secondary N) is 1. The molecule has 0 aliphatic rings. The Labute approximate surface area is 233 Å². The van der Waals surface area contributed by atoms with Gasteiger partial charge in [-0.25, -0.2) is 8.42 Å². The number of nitrogens with zero attached hydrogens (tertiary/aromatic N) is 2. The third kappa shape index (κ3) is 8.40. The fourth-order valence-corrected chi connectivity index (χ4v) is 5.31. The molecule has 1 N–H and O–H groups in total. The highest BCUT2D eigenvalue weighted by Gasteiger charge is 2.32. The van der Waals surface area contributed by atoms with E-state index in [9.17, 15) is 18.0 Å². The van der Waals surface area contributed by atoms with E-state index in [0.717, 1.165) is 23.4 Å². The van der Waals surface area contributed by atoms with Crippen molar-refractivity contribution in [1.82, 2.24) is 10.2 Å². The molecule has 2 aromatic rings. The van der Waals surface area contributed by atoms with Gasteiger partial charge in [-0.05, 0) is 43.2 Å². The molecule has 0 saturated heterocycles. The zero-order chi connectivity index (χ0) is 27.8. The summed E-state index contributed by atoms with van der Waals surface area (Å²) in [4.78, 5) is 28.1. The van der Waals surface area contributed by atoms with Gasteiger partial charge in [0.2, 0.25) is 21.8 Å². The number of amides is 2. The van der Waals surface area contributed by atoms with Gasteiger partial charge >= 0.3 is 0 Å². The van der Waals surface area contributed by atoms with Crippen LogP contribution in [0, 0.1) is 0 Å². The molecule has 0 heterocycles. The van der Waals surface area contributed by atoms with Crippen molar-refractivity contribution in [1.29, 1.82) is 0 Å². The lowest BCUT2D eigenvalue weighted by molar-refractivity contribution is -0.140. The van der Waals surface area contributed by atoms with Crippen molar-refractivity contribution >= 4 is 62.3 Å². The Morgan fingerprint density at radius 3 is 2.22 bits per heavy atom. The van der Waals surface area contributed by atoms with E-state index in [0.29, 0.717) is 34.3 Å². The molecule has 8 nitrogen and oxygen atoms in total. The second-order valence-corrected chi connectivity index (χ2v) is 11.5. The van der Waals surface area contributed by atoms with Gasteiger partial charge in [-0.15, -0.1) is 0 Å². The van der Waals surface area contributed by atoms with Gasteiger partial charge in [0, 0.05) is 28.7 Å². The van der Waals surface area contributed by atoms with Gasteiger partial charge in [0.05, 0.1) is 24.1 Å². The van der Waals surface area contributed by atoms with E-state index in [4.69, 9.17) is 39.5 Å². The fraction of sp³-hybridized carbons (Fsp3) is 0.440. The summed E-state index contributed by atoms with van der Waals surface area (Å²) in [6, 6.07) is 8.47. The van der Waals surface area contributed by atoms with E-state index >= 15 is 0 Å². The maximum atomic E-state index is 13.7. The van der Waals surface area contributed by atoms with Crippen molar-refractivity contribution in [2.45, 2.75) is 45.7 Å². The number of benzene rings is 2. The van der Waals surface area contributed by atoms with Crippen LogP contribution in [0.1, 0.15) is 38.7 Å². The van der Waals surface area contributed by atoms with Gasteiger partial charge in [0.25, 0.3) is 0 Å². The summed E-state index contributed by atoms with van der Waals surface area (Å²) in [5.41, 5.74) is 0.634. The molecule has 0 aliphatic heterocycles. The number of rotatable bonds is 13. The SMILES string of the molecule is CCCCNC(=O)[C@@H](CC)N(Cc1c(Cl)cccc1Cl)C(=O)CN(c1ccc(OC)c(Cl)c1)S(C)(=O)=O. The average molecular weight is 593 g/mol. The van der Waals surface area contributed by atoms with Gasteiger partial charge in [-0.3, -0.25) is 13.9 Å². The number of hydrogen-bond donors (Lipinski definition) is 1. The molecule has 2 aromatic carbocycles. The molecular formula is C25H32Cl3N3O5S. The van der Waals surface area contributed by atoms with Crippen molar-refractivity contribution in [2.24, 2.45) is 0 Å². The van der Waals surface area contributed by atoms with Gasteiger partial charge in [0.15, 0.2) is 0 Å². The third-order valence-corrected chi connectivity index (χ3v) is 7.85. The molecule has 0 fully saturated rings. The predicted molar refractivity (Wildman–Crippen MR) is 149 cm³/mol. The average Bonchev–Trinajstić information content (AvgIpc) is 2.83. The van der Waals surface area contributed by atoms with Crippen LogP contribution in [-0.4, -0.2) is 57.6 Å². The van der Waals surface area contributed by atoms with Gasteiger partial charge in [-0.1, -0.05) is 61.1 Å². The second kappa shape index (κ2) is 14.1. The molecule has 12 heteroatoms. The van der Waals surface area contributed by atoms with Crippen molar-refractivity contribution < 1.29 is 22.7 Å². The minimum Gasteiger partial charge on any atom is -0.495 e. The minimum absolute atomic E-state index is 0.0853. The zero-order valence-electron chi connectivity index (χ0n) is 21.3. The van der Waals surface area contributed by atoms with E-state index in [1.807, 2.05) is 6.92 Å². The molecule has 0 unspecified atom stereocenters. The van der Waals surface area contributed by atoms with Crippen molar-refractivity contribution in [2.75, 3.05) is 30.8 Å². The van der Waals surface area contributed by atoms with E-state index in [1.165, 1.54) is 30.2 Å². The van der Waals surface area contributed by atoms with Crippen LogP contribution in [0.3, 0.4) is 0 Å². The Kier molecular flexibility index (Phi) is 11.8. The van der Waals surface area contributed by atoms with Crippen LogP contribution in [0.4, 0.5) is 5.69 Å². The Hall–Kier alpha value is -2.20. The summed E-state index contributed by atoms with van der Waals surface area (Å²) in [6.45, 7) is 3.58. The summed E-state index contributed by atoms with van der Waals surface area (Å²) < 4.78 is 31.5. The number of sulfonamides is 1. The number of unbranched alkanes of at least 4 members (excludes halogenated alkanes) is 1. The van der Waals surface area contributed by atoms with Gasteiger partial charge < -0.3 is 15.0 Å². The summed E-state index contributed by atoms with van der Waals surface area (Å²) in [6.07, 6.45) is 2.96. The monoisotopic (exact) mass is 591 g/mol. The predicted octanol–water partition coefficient (Wildman–Crippen LogP) is 5.15. The molecule has 2 rings (SSSR count). The first-order valence-corrected chi connectivity index (χ1v) is 14.7. The normalized spacial score (nSPS) is 12.1. The fourth-order valence-electron chi connectivity index (χ4n) is 3.70. The molecule has 0 aromatic heterocycles. The molecule has 204 valence electrons. The summed E-state index contributed by atoms with van der Waals surface area (Å²) in [7, 11) is -2.47. The lowest BCUT2D eigenvalue weighted by Gasteiger charge is -2.33. The summed E-state index contributed by atoms with van der Waals surface area (Å²) in [5.74, 6) is -0.591. The van der Waals surface area contributed by atoms with Gasteiger partial charge in [0.1, 0.15) is 18.3 Å². The quantitative estimate of drug-likeness (QED) is 0.325. The topological polar surface area (TPSA) is 96.0 Å². The van der Waals surface area contributed by atoms with Gasteiger partial charge in [-0.2, -0.15) is 0 Å². The van der Waals surface area contributed by atoms with Crippen LogP contribution in [0.15, 0.2) is 36.4 Å². The van der Waals surface area contributed by atoms with Crippen LogP contribution in [0.25, 0.3) is 0 Å². The minimum atomic E-state index is -3.91. The first-order valence-electron chi connectivity index (χ1n) is 11.8. The van der Waals surface area contributed by atoms with E-state index in [-0.39, 0.29) is 23.2 Å². The van der Waals surface area contributed by atoms with Crippen LogP contribution in [0.2, 0.25) is 15.1 Å². The number of carbonyl (C=O) groups excluding carboxylic acids is 2. The molecular weight excluding hydrogens is 561 g/mol. The number of carbonyl (C=O) groups is 2. The molecule has 0 spiro atoms. The lowest BCUT2D eigenvalue weighted by Crippen LogP contribution is -2.52. The highest BCUT2D eigenvalue weighted by atomic mass is 35.5. The first kappa shape index (κ1) is 31.0. The van der Waals surface area contributed by atoms with Crippen LogP contribution in [0.5, 0.6) is 5.75 Å². The number of ether oxygens (including phenoxy) is 1. The number of halogens is 3. The van der Waals surface area contributed by atoms with E-state index in [2.05, 4.69) is 5.32 Å². The Bertz CT molecular complexity index is 1190. The third-order valence-electron chi connectivity index (χ3n) is 5.71. The standard InChI is InChI=1S/C25H32Cl3N3O5S/c1-5-7-13-29-25(33)22(6-2)30(15-18-19(26)9-8-10-20(18)27)24(32)16-31(37(4,34)35)17-11-12-23(36-3)21(28)14-17/h8-12,14,22H,5-7,13,15-16H2,1-4H3,(H,29,33)/t22-/m1/s1. The molecule has 2 amide bonds. The molecule has 0 aliphatic carbocycles. The van der Waals surface area contributed by atoms with Crippen LogP contribution < -0.4 is 14.4 Å². The number of anilines is 1. The molecule has 0 bridgehead atoms. The highest BCUT2D eigenvalue weighted by Crippen LogP contribution is 2.31. The highest BCUT2D eigenvalue weighted by molar-refractivity contribution is 7.92. The summed E-state index contributed by atoms with van der Waals surface area (Å²) >= 11 is 19.0. The van der Waals surface area contributed by atoms with Crippen LogP contribution in [-0.2, 0) is 26.2 Å². The van der Waals surface area contributed by atoms with Crippen molar-refractivity contribution in [3.63, 3.8) is 0 Å². The lowest BCUT2D eigenvalue weighted by atomic mass is 10.1. The molecule has 37 heavy (non-hydrogen) atoms. The van der Waals surface area contributed by atoms with E-state index < -0.39 is 28.5 Å². The maximum Gasteiger partial charge on any atom is 0.244 e.